The Bertz CT molecular complexity index is 1280. The van der Waals surface area contributed by atoms with Crippen LogP contribution in [0.4, 0.5) is 4.39 Å². The summed E-state index contributed by atoms with van der Waals surface area (Å²) in [4.78, 5) is 4.43. The molecule has 1 saturated carbocycles. The number of pyridine rings is 1. The number of nitrogens with two attached hydrogens (primary N) is 1. The highest BCUT2D eigenvalue weighted by Gasteiger charge is 2.25. The Labute approximate surface area is 194 Å². The number of aromatic nitrogens is 1. The van der Waals surface area contributed by atoms with Crippen LogP contribution in [0, 0.1) is 12.7 Å². The second kappa shape index (κ2) is 9.23. The molecule has 1 fully saturated rings. The van der Waals surface area contributed by atoms with Gasteiger partial charge in [-0.1, -0.05) is 19.9 Å². The van der Waals surface area contributed by atoms with Crippen molar-refractivity contribution in [3.63, 3.8) is 0 Å². The molecule has 2 N–H and O–H groups in total. The summed E-state index contributed by atoms with van der Waals surface area (Å²) in [5.74, 6) is 0.799. The highest BCUT2D eigenvalue weighted by Crippen LogP contribution is 2.41. The predicted molar refractivity (Wildman–Crippen MR) is 127 cm³/mol. The van der Waals surface area contributed by atoms with Crippen LogP contribution in [0.5, 0.6) is 5.88 Å². The number of hydrogen-bond acceptors (Lipinski definition) is 4. The lowest BCUT2D eigenvalue weighted by Crippen LogP contribution is -2.13. The summed E-state index contributed by atoms with van der Waals surface area (Å²) in [6.45, 7) is 6.42. The number of primary sulfonamides is 1. The number of nitrogens with zero attached hydrogens (tertiary/aromatic N) is 1. The molecule has 0 saturated heterocycles. The van der Waals surface area contributed by atoms with Gasteiger partial charge in [-0.2, -0.15) is 0 Å². The molecule has 2 aromatic carbocycles. The molecule has 5 nitrogen and oxygen atoms in total. The first-order valence-corrected chi connectivity index (χ1v) is 12.7. The molecule has 0 spiro atoms. The molecule has 0 bridgehead atoms. The monoisotopic (exact) mass is 468 g/mol. The second-order valence-electron chi connectivity index (χ2n) is 9.03. The van der Waals surface area contributed by atoms with Gasteiger partial charge in [0.25, 0.3) is 0 Å². The van der Waals surface area contributed by atoms with Crippen LogP contribution in [0.3, 0.4) is 0 Å². The van der Waals surface area contributed by atoms with Crippen molar-refractivity contribution in [2.24, 2.45) is 5.14 Å². The summed E-state index contributed by atoms with van der Waals surface area (Å²) < 4.78 is 43.9. The van der Waals surface area contributed by atoms with Crippen LogP contribution in [0.2, 0.25) is 0 Å². The minimum Gasteiger partial charge on any atom is -0.477 e. The van der Waals surface area contributed by atoms with Crippen LogP contribution < -0.4 is 9.88 Å². The van der Waals surface area contributed by atoms with E-state index in [1.165, 1.54) is 0 Å². The normalized spacial score (nSPS) is 14.0. The molecule has 0 atom stereocenters. The Balaban J connectivity index is 1.52. The van der Waals surface area contributed by atoms with Crippen LogP contribution in [0.25, 0.3) is 11.1 Å². The minimum absolute atomic E-state index is 0.143. The van der Waals surface area contributed by atoms with Crippen molar-refractivity contribution in [1.29, 1.82) is 0 Å². The standard InChI is InChI=1S/C26H29FN2O3S/c1-16(2)24-14-22(27)15-25(17(24)3)20-6-8-29-26(13-20)32-9-7-18-10-21(19-4-5-19)12-23(11-18)33(28,30)31/h6,8,10-16,19H,4-5,7,9H2,1-3H3,(H2,28,30,31). The van der Waals surface area contributed by atoms with Crippen molar-refractivity contribution in [3.8, 4) is 17.0 Å². The summed E-state index contributed by atoms with van der Waals surface area (Å²) in [7, 11) is -3.77. The molecule has 1 heterocycles. The van der Waals surface area contributed by atoms with Gasteiger partial charge in [0, 0.05) is 18.7 Å². The first-order valence-electron chi connectivity index (χ1n) is 11.2. The lowest BCUT2D eigenvalue weighted by atomic mass is 9.91. The highest BCUT2D eigenvalue weighted by molar-refractivity contribution is 7.89. The van der Waals surface area contributed by atoms with Gasteiger partial charge in [0.15, 0.2) is 0 Å². The minimum atomic E-state index is -3.77. The van der Waals surface area contributed by atoms with Crippen molar-refractivity contribution in [1.82, 2.24) is 4.98 Å². The number of sulfonamides is 1. The van der Waals surface area contributed by atoms with Gasteiger partial charge in [-0.3, -0.25) is 0 Å². The highest BCUT2D eigenvalue weighted by atomic mass is 32.2. The molecule has 0 radical (unpaired) electrons. The van der Waals surface area contributed by atoms with Crippen LogP contribution in [0.1, 0.15) is 60.8 Å². The van der Waals surface area contributed by atoms with E-state index in [0.29, 0.717) is 24.8 Å². The Morgan fingerprint density at radius 1 is 1.15 bits per heavy atom. The van der Waals surface area contributed by atoms with Crippen molar-refractivity contribution in [2.45, 2.75) is 56.8 Å². The number of ether oxygens (including phenoxy) is 1. The first kappa shape index (κ1) is 23.4. The Hall–Kier alpha value is -2.77. The summed E-state index contributed by atoms with van der Waals surface area (Å²) in [5.41, 5.74) is 5.55. The molecular formula is C26H29FN2O3S. The maximum absolute atomic E-state index is 14.3. The van der Waals surface area contributed by atoms with E-state index in [-0.39, 0.29) is 16.6 Å². The molecule has 0 amide bonds. The van der Waals surface area contributed by atoms with E-state index in [1.807, 2.05) is 39.0 Å². The van der Waals surface area contributed by atoms with Gasteiger partial charge in [-0.25, -0.2) is 22.9 Å². The van der Waals surface area contributed by atoms with Crippen molar-refractivity contribution in [3.05, 3.63) is 76.7 Å². The van der Waals surface area contributed by atoms with Crippen LogP contribution in [0.15, 0.2) is 53.6 Å². The molecule has 33 heavy (non-hydrogen) atoms. The number of benzene rings is 2. The molecule has 7 heteroatoms. The predicted octanol–water partition coefficient (Wildman–Crippen LogP) is 5.47. The average Bonchev–Trinajstić information content (AvgIpc) is 3.60. The van der Waals surface area contributed by atoms with Gasteiger partial charge < -0.3 is 4.74 Å². The quantitative estimate of drug-likeness (QED) is 0.475. The summed E-state index contributed by atoms with van der Waals surface area (Å²) >= 11 is 0. The molecule has 0 aliphatic heterocycles. The van der Waals surface area contributed by atoms with Crippen LogP contribution in [-0.4, -0.2) is 20.0 Å². The molecule has 1 aromatic heterocycles. The third-order valence-electron chi connectivity index (χ3n) is 6.09. The summed E-state index contributed by atoms with van der Waals surface area (Å²) in [5, 5.41) is 5.36. The number of rotatable bonds is 8. The fourth-order valence-corrected chi connectivity index (χ4v) is 4.79. The maximum Gasteiger partial charge on any atom is 0.238 e. The Morgan fingerprint density at radius 2 is 1.91 bits per heavy atom. The number of halogens is 1. The van der Waals surface area contributed by atoms with E-state index in [2.05, 4.69) is 4.98 Å². The van der Waals surface area contributed by atoms with Crippen molar-refractivity contribution in [2.75, 3.05) is 6.61 Å². The molecule has 3 aromatic rings. The largest absolute Gasteiger partial charge is 0.477 e. The average molecular weight is 469 g/mol. The van der Waals surface area contributed by atoms with E-state index >= 15 is 0 Å². The molecule has 4 rings (SSSR count). The smallest absolute Gasteiger partial charge is 0.238 e. The van der Waals surface area contributed by atoms with E-state index < -0.39 is 10.0 Å². The fourth-order valence-electron chi connectivity index (χ4n) is 4.18. The summed E-state index contributed by atoms with van der Waals surface area (Å²) in [6, 6.07) is 12.1. The van der Waals surface area contributed by atoms with E-state index in [4.69, 9.17) is 9.88 Å². The van der Waals surface area contributed by atoms with Gasteiger partial charge in [-0.15, -0.1) is 0 Å². The molecule has 0 unspecified atom stereocenters. The fraction of sp³-hybridized carbons (Fsp3) is 0.346. The molecule has 174 valence electrons. The lowest BCUT2D eigenvalue weighted by molar-refractivity contribution is 0.309. The zero-order valence-electron chi connectivity index (χ0n) is 19.1. The SMILES string of the molecule is Cc1c(-c2ccnc(OCCc3cc(C4CC4)cc(S(N)(=O)=O)c3)c2)cc(F)cc1C(C)C. The van der Waals surface area contributed by atoms with Gasteiger partial charge in [0.2, 0.25) is 15.9 Å². The van der Waals surface area contributed by atoms with Gasteiger partial charge in [0.1, 0.15) is 5.82 Å². The molecule has 1 aliphatic carbocycles. The Kier molecular flexibility index (Phi) is 6.54. The zero-order valence-corrected chi connectivity index (χ0v) is 20.0. The zero-order chi connectivity index (χ0) is 23.8. The van der Waals surface area contributed by atoms with Crippen molar-refractivity contribution < 1.29 is 17.5 Å². The van der Waals surface area contributed by atoms with Crippen molar-refractivity contribution >= 4 is 10.0 Å². The second-order valence-corrected chi connectivity index (χ2v) is 10.6. The van der Waals surface area contributed by atoms with Gasteiger partial charge in [-0.05, 0) is 95.3 Å². The first-order chi connectivity index (χ1) is 15.6. The maximum atomic E-state index is 14.3. The topological polar surface area (TPSA) is 82.3 Å². The molecule has 1 aliphatic rings. The third kappa shape index (κ3) is 5.60. The van der Waals surface area contributed by atoms with E-state index in [0.717, 1.165) is 46.2 Å². The number of hydrogen-bond donors (Lipinski definition) is 1. The lowest BCUT2D eigenvalue weighted by Gasteiger charge is -2.15. The summed E-state index contributed by atoms with van der Waals surface area (Å²) in [6.07, 6.45) is 4.31. The van der Waals surface area contributed by atoms with Gasteiger partial charge >= 0.3 is 0 Å². The Morgan fingerprint density at radius 3 is 2.58 bits per heavy atom. The third-order valence-corrected chi connectivity index (χ3v) is 6.98. The van der Waals surface area contributed by atoms with Crippen LogP contribution >= 0.6 is 0 Å². The van der Waals surface area contributed by atoms with E-state index in [9.17, 15) is 12.8 Å². The van der Waals surface area contributed by atoms with Crippen LogP contribution in [-0.2, 0) is 16.4 Å². The van der Waals surface area contributed by atoms with E-state index in [1.54, 1.807) is 30.5 Å². The molecular weight excluding hydrogens is 439 g/mol. The van der Waals surface area contributed by atoms with Gasteiger partial charge in [0.05, 0.1) is 11.5 Å².